The van der Waals surface area contributed by atoms with Crippen LogP contribution in [-0.2, 0) is 34.2 Å². The molecule has 0 atom stereocenters. The van der Waals surface area contributed by atoms with Crippen molar-refractivity contribution in [3.05, 3.63) is 0 Å². The molecule has 0 aromatic carbocycles. The second kappa shape index (κ2) is 14.1. The highest BCUT2D eigenvalue weighted by atomic mass is 28.6. The molecule has 1 saturated heterocycles. The SMILES string of the molecule is CCCO[Si]1(C2CCC2)O[Si](OCCC)(C2CCC2)O[Si](OCCC)(C2CCC2)O[Si](OCCC)(C2CCC2)O1. The van der Waals surface area contributed by atoms with E-state index in [1.165, 1.54) is 25.7 Å². The van der Waals surface area contributed by atoms with E-state index in [2.05, 4.69) is 27.7 Å². The molecule has 0 aromatic heterocycles. The van der Waals surface area contributed by atoms with Crippen LogP contribution in [0.2, 0.25) is 22.2 Å². The van der Waals surface area contributed by atoms with Gasteiger partial charge >= 0.3 is 35.2 Å². The van der Waals surface area contributed by atoms with Crippen LogP contribution in [0.3, 0.4) is 0 Å². The van der Waals surface area contributed by atoms with Gasteiger partial charge in [0.05, 0.1) is 0 Å². The largest absolute Gasteiger partial charge is 0.489 e. The van der Waals surface area contributed by atoms with Gasteiger partial charge in [-0.15, -0.1) is 0 Å². The van der Waals surface area contributed by atoms with E-state index in [0.717, 1.165) is 77.0 Å². The maximum atomic E-state index is 7.61. The van der Waals surface area contributed by atoms with Crippen molar-refractivity contribution < 1.29 is 34.2 Å². The summed E-state index contributed by atoms with van der Waals surface area (Å²) < 4.78 is 58.2. The molecule has 5 rings (SSSR count). The minimum absolute atomic E-state index is 0.259. The van der Waals surface area contributed by atoms with Crippen LogP contribution in [0.4, 0.5) is 0 Å². The molecule has 8 nitrogen and oxygen atoms in total. The van der Waals surface area contributed by atoms with E-state index in [4.69, 9.17) is 34.2 Å². The van der Waals surface area contributed by atoms with Crippen molar-refractivity contribution in [1.82, 2.24) is 0 Å². The van der Waals surface area contributed by atoms with E-state index in [1.54, 1.807) is 0 Å². The van der Waals surface area contributed by atoms with Crippen LogP contribution in [0.15, 0.2) is 0 Å². The molecule has 0 bridgehead atoms. The third-order valence-electron chi connectivity index (χ3n) is 9.59. The van der Waals surface area contributed by atoms with Gasteiger partial charge in [0, 0.05) is 48.6 Å². The van der Waals surface area contributed by atoms with Gasteiger partial charge in [-0.3, -0.25) is 0 Å². The Balaban J connectivity index is 1.65. The fourth-order valence-electron chi connectivity index (χ4n) is 6.27. The molecule has 0 amide bonds. The Morgan fingerprint density at radius 1 is 0.400 bits per heavy atom. The first kappa shape index (κ1) is 32.0. The van der Waals surface area contributed by atoms with Crippen LogP contribution in [0, 0.1) is 0 Å². The van der Waals surface area contributed by atoms with E-state index in [9.17, 15) is 0 Å². The standard InChI is InChI=1S/C28H56O8Si4/c1-5-21-29-37(25-13-9-14-25)33-38(30-22-6-2,26-15-10-16-26)35-40(32-24-8-4,28-19-12-20-28)36-39(34-37,31-23-7-3)27-17-11-18-27/h25-28H,5-24H2,1-4H3. The summed E-state index contributed by atoms with van der Waals surface area (Å²) >= 11 is 0. The third kappa shape index (κ3) is 6.34. The van der Waals surface area contributed by atoms with Crippen molar-refractivity contribution in [2.24, 2.45) is 0 Å². The summed E-state index contributed by atoms with van der Waals surface area (Å²) in [4.78, 5) is 0. The van der Waals surface area contributed by atoms with Crippen LogP contribution in [-0.4, -0.2) is 61.6 Å². The maximum absolute atomic E-state index is 7.61. The molecule has 232 valence electrons. The van der Waals surface area contributed by atoms with E-state index >= 15 is 0 Å². The zero-order chi connectivity index (χ0) is 28.1. The molecule has 4 saturated carbocycles. The quantitative estimate of drug-likeness (QED) is 0.160. The van der Waals surface area contributed by atoms with Crippen LogP contribution in [0.5, 0.6) is 0 Å². The highest BCUT2D eigenvalue weighted by Gasteiger charge is 2.75. The molecule has 1 heterocycles. The number of rotatable bonds is 16. The molecule has 40 heavy (non-hydrogen) atoms. The average Bonchev–Trinajstić information content (AvgIpc) is 2.78. The fourth-order valence-corrected chi connectivity index (χ4v) is 29.4. The normalized spacial score (nSPS) is 38.1. The first-order valence-corrected chi connectivity index (χ1v) is 24.1. The Kier molecular flexibility index (Phi) is 11.3. The lowest BCUT2D eigenvalue weighted by Crippen LogP contribution is -2.78. The lowest BCUT2D eigenvalue weighted by atomic mass is 10.00. The molecule has 5 fully saturated rings. The fraction of sp³-hybridized carbons (Fsp3) is 1.00. The van der Waals surface area contributed by atoms with Crippen molar-refractivity contribution in [3.63, 3.8) is 0 Å². The minimum atomic E-state index is -3.29. The Morgan fingerprint density at radius 2 is 0.600 bits per heavy atom. The highest BCUT2D eigenvalue weighted by molar-refractivity contribution is 6.90. The predicted molar refractivity (Wildman–Crippen MR) is 163 cm³/mol. The average molecular weight is 633 g/mol. The van der Waals surface area contributed by atoms with Crippen LogP contribution >= 0.6 is 0 Å². The highest BCUT2D eigenvalue weighted by Crippen LogP contribution is 2.57. The van der Waals surface area contributed by atoms with Gasteiger partial charge in [-0.2, -0.15) is 0 Å². The summed E-state index contributed by atoms with van der Waals surface area (Å²) in [7, 11) is -13.2. The van der Waals surface area contributed by atoms with Crippen LogP contribution < -0.4 is 0 Å². The first-order valence-electron chi connectivity index (χ1n) is 16.9. The summed E-state index contributed by atoms with van der Waals surface area (Å²) in [6.45, 7) is 11.1. The Hall–Kier alpha value is 0.548. The molecule has 0 unspecified atom stereocenters. The number of hydrogen-bond donors (Lipinski definition) is 0. The van der Waals surface area contributed by atoms with E-state index in [1.807, 2.05) is 0 Å². The minimum Gasteiger partial charge on any atom is -0.374 e. The van der Waals surface area contributed by atoms with Crippen molar-refractivity contribution >= 4 is 35.2 Å². The summed E-state index contributed by atoms with van der Waals surface area (Å²) in [6, 6.07) is 0. The van der Waals surface area contributed by atoms with Crippen molar-refractivity contribution in [2.45, 2.75) is 153 Å². The molecule has 0 N–H and O–H groups in total. The second-order valence-corrected chi connectivity index (χ2v) is 25.2. The van der Waals surface area contributed by atoms with Crippen LogP contribution in [0.25, 0.3) is 0 Å². The molecule has 0 aromatic rings. The van der Waals surface area contributed by atoms with Crippen molar-refractivity contribution in [2.75, 3.05) is 26.4 Å². The molecule has 12 heteroatoms. The molecule has 0 spiro atoms. The lowest BCUT2D eigenvalue weighted by Gasteiger charge is -2.58. The van der Waals surface area contributed by atoms with E-state index in [-0.39, 0.29) is 22.2 Å². The van der Waals surface area contributed by atoms with Gasteiger partial charge in [-0.05, 0) is 77.0 Å². The zero-order valence-electron chi connectivity index (χ0n) is 25.7. The number of hydrogen-bond acceptors (Lipinski definition) is 8. The maximum Gasteiger partial charge on any atom is 0.489 e. The van der Waals surface area contributed by atoms with Gasteiger partial charge < -0.3 is 34.2 Å². The summed E-state index contributed by atoms with van der Waals surface area (Å²) in [5, 5.41) is 0. The Bertz CT molecular complexity index is 654. The van der Waals surface area contributed by atoms with E-state index in [0.29, 0.717) is 26.4 Å². The smallest absolute Gasteiger partial charge is 0.374 e. The van der Waals surface area contributed by atoms with Gasteiger partial charge in [0.1, 0.15) is 0 Å². The second-order valence-electron chi connectivity index (χ2n) is 12.7. The zero-order valence-corrected chi connectivity index (χ0v) is 29.7. The first-order chi connectivity index (χ1) is 19.5. The van der Waals surface area contributed by atoms with Crippen LogP contribution in [0.1, 0.15) is 130 Å². The van der Waals surface area contributed by atoms with Gasteiger partial charge in [-0.1, -0.05) is 53.4 Å². The van der Waals surface area contributed by atoms with Gasteiger partial charge in [-0.25, -0.2) is 0 Å². The Labute approximate surface area is 247 Å². The van der Waals surface area contributed by atoms with Crippen molar-refractivity contribution in [1.29, 1.82) is 0 Å². The lowest BCUT2D eigenvalue weighted by molar-refractivity contribution is -0.0143. The topological polar surface area (TPSA) is 73.8 Å². The predicted octanol–water partition coefficient (Wildman–Crippen LogP) is 7.74. The van der Waals surface area contributed by atoms with Gasteiger partial charge in [0.2, 0.25) is 0 Å². The molecule has 5 aliphatic rings. The van der Waals surface area contributed by atoms with E-state index < -0.39 is 35.2 Å². The van der Waals surface area contributed by atoms with Gasteiger partial charge in [0.25, 0.3) is 0 Å². The monoisotopic (exact) mass is 632 g/mol. The summed E-state index contributed by atoms with van der Waals surface area (Å²) in [6.07, 6.45) is 17.0. The summed E-state index contributed by atoms with van der Waals surface area (Å²) in [5.41, 5.74) is 1.04. The molecular weight excluding hydrogens is 577 g/mol. The Morgan fingerprint density at radius 3 is 0.725 bits per heavy atom. The molecule has 0 radical (unpaired) electrons. The van der Waals surface area contributed by atoms with Gasteiger partial charge in [0.15, 0.2) is 0 Å². The summed E-state index contributed by atoms with van der Waals surface area (Å²) in [5.74, 6) is 0. The molecular formula is C28H56O8Si4. The molecule has 4 aliphatic carbocycles. The molecule has 1 aliphatic heterocycles. The van der Waals surface area contributed by atoms with Crippen molar-refractivity contribution in [3.8, 4) is 0 Å². The third-order valence-corrected chi connectivity index (χ3v) is 27.4.